The van der Waals surface area contributed by atoms with Gasteiger partial charge in [-0.25, -0.2) is 0 Å². The third kappa shape index (κ3) is 9.33. The van der Waals surface area contributed by atoms with Crippen molar-refractivity contribution in [3.63, 3.8) is 0 Å². The van der Waals surface area contributed by atoms with Crippen LogP contribution in [0.5, 0.6) is 0 Å². The van der Waals surface area contributed by atoms with E-state index in [0.29, 0.717) is 25.8 Å². The van der Waals surface area contributed by atoms with Crippen LogP contribution in [0.2, 0.25) is 0 Å². The second-order valence-corrected chi connectivity index (χ2v) is 5.43. The third-order valence-corrected chi connectivity index (χ3v) is 3.34. The molecule has 0 aliphatic heterocycles. The number of carboxylic acid groups (broad SMARTS) is 1. The van der Waals surface area contributed by atoms with E-state index in [2.05, 4.69) is 10.6 Å². The highest BCUT2D eigenvalue weighted by Gasteiger charge is 2.23. The number of carbonyl (C=O) groups is 3. The van der Waals surface area contributed by atoms with E-state index < -0.39 is 24.0 Å². The van der Waals surface area contributed by atoms with Crippen LogP contribution in [0.1, 0.15) is 58.8 Å². The first kappa shape index (κ1) is 20.4. The maximum atomic E-state index is 12.1. The molecule has 0 aliphatic rings. The van der Waals surface area contributed by atoms with E-state index in [1.165, 1.54) is 6.92 Å². The molecule has 7 nitrogen and oxygen atoms in total. The lowest BCUT2D eigenvalue weighted by atomic mass is 10.1. The van der Waals surface area contributed by atoms with E-state index in [1.54, 1.807) is 0 Å². The summed E-state index contributed by atoms with van der Waals surface area (Å²) < 4.78 is 0. The number of rotatable bonds is 12. The minimum atomic E-state index is -1.11. The van der Waals surface area contributed by atoms with Crippen molar-refractivity contribution in [3.05, 3.63) is 0 Å². The molecule has 128 valence electrons. The van der Waals surface area contributed by atoms with Gasteiger partial charge in [0.1, 0.15) is 12.1 Å². The summed E-state index contributed by atoms with van der Waals surface area (Å²) in [6.07, 6.45) is 5.05. The zero-order valence-corrected chi connectivity index (χ0v) is 13.6. The fraction of sp³-hybridized carbons (Fsp3) is 0.800. The van der Waals surface area contributed by atoms with Gasteiger partial charge in [0, 0.05) is 6.42 Å². The van der Waals surface area contributed by atoms with Crippen LogP contribution >= 0.6 is 0 Å². The largest absolute Gasteiger partial charge is 0.480 e. The van der Waals surface area contributed by atoms with Crippen LogP contribution in [-0.2, 0) is 14.4 Å². The molecule has 7 heteroatoms. The third-order valence-electron chi connectivity index (χ3n) is 3.34. The topological polar surface area (TPSA) is 122 Å². The van der Waals surface area contributed by atoms with Gasteiger partial charge in [-0.05, 0) is 39.2 Å². The minimum Gasteiger partial charge on any atom is -0.480 e. The quantitative estimate of drug-likeness (QED) is 0.396. The number of amides is 2. The van der Waals surface area contributed by atoms with Crippen molar-refractivity contribution in [2.45, 2.75) is 70.9 Å². The van der Waals surface area contributed by atoms with Crippen LogP contribution in [0.3, 0.4) is 0 Å². The average molecular weight is 315 g/mol. The summed E-state index contributed by atoms with van der Waals surface area (Å²) in [5.41, 5.74) is 5.43. The smallest absolute Gasteiger partial charge is 0.325 e. The molecule has 5 N–H and O–H groups in total. The Morgan fingerprint density at radius 2 is 1.77 bits per heavy atom. The Hall–Kier alpha value is -1.63. The Morgan fingerprint density at radius 3 is 2.32 bits per heavy atom. The summed E-state index contributed by atoms with van der Waals surface area (Å²) in [6, 6.07) is -1.69. The van der Waals surface area contributed by atoms with E-state index in [1.807, 2.05) is 6.92 Å². The molecule has 0 fully saturated rings. The monoisotopic (exact) mass is 315 g/mol. The van der Waals surface area contributed by atoms with E-state index in [4.69, 9.17) is 10.8 Å². The summed E-state index contributed by atoms with van der Waals surface area (Å²) in [6.45, 7) is 3.96. The van der Waals surface area contributed by atoms with Crippen molar-refractivity contribution in [3.8, 4) is 0 Å². The standard InChI is InChI=1S/C15H29N3O4/c1-3-4-5-9-13(19)18-12(8-6-7-10-16)14(20)17-11(2)15(21)22/h11-12H,3-10,16H2,1-2H3,(H,17,20)(H,18,19)(H,21,22)/t11-,12-/m0/s1. The Bertz CT molecular complexity index is 361. The second kappa shape index (κ2) is 12.0. The molecule has 2 amide bonds. The van der Waals surface area contributed by atoms with Crippen molar-refractivity contribution in [1.82, 2.24) is 10.6 Å². The molecule has 2 atom stereocenters. The molecule has 0 saturated carbocycles. The average Bonchev–Trinajstić information content (AvgIpc) is 2.46. The second-order valence-electron chi connectivity index (χ2n) is 5.43. The zero-order chi connectivity index (χ0) is 17.0. The molecular weight excluding hydrogens is 286 g/mol. The molecule has 0 aliphatic carbocycles. The van der Waals surface area contributed by atoms with Gasteiger partial charge in [0.05, 0.1) is 0 Å². The Balaban J connectivity index is 4.49. The first-order valence-electron chi connectivity index (χ1n) is 7.95. The number of nitrogens with one attached hydrogen (secondary N) is 2. The Labute approximate surface area is 132 Å². The van der Waals surface area contributed by atoms with Gasteiger partial charge in [0.2, 0.25) is 11.8 Å². The molecule has 0 rings (SSSR count). The maximum Gasteiger partial charge on any atom is 0.325 e. The first-order valence-corrected chi connectivity index (χ1v) is 7.95. The molecule has 0 aromatic heterocycles. The van der Waals surface area contributed by atoms with Gasteiger partial charge in [-0.1, -0.05) is 19.8 Å². The molecular formula is C15H29N3O4. The molecule has 0 bridgehead atoms. The van der Waals surface area contributed by atoms with E-state index >= 15 is 0 Å². The maximum absolute atomic E-state index is 12.1. The number of carbonyl (C=O) groups excluding carboxylic acids is 2. The first-order chi connectivity index (χ1) is 10.4. The summed E-state index contributed by atoms with van der Waals surface area (Å²) >= 11 is 0. The highest BCUT2D eigenvalue weighted by atomic mass is 16.4. The number of hydrogen-bond acceptors (Lipinski definition) is 4. The van der Waals surface area contributed by atoms with Gasteiger partial charge >= 0.3 is 5.97 Å². The van der Waals surface area contributed by atoms with Gasteiger partial charge < -0.3 is 21.5 Å². The predicted octanol–water partition coefficient (Wildman–Crippen LogP) is 0.770. The van der Waals surface area contributed by atoms with E-state index in [0.717, 1.165) is 25.7 Å². The molecule has 0 spiro atoms. The number of nitrogens with two attached hydrogens (primary N) is 1. The number of aliphatic carboxylic acids is 1. The summed E-state index contributed by atoms with van der Waals surface area (Å²) in [7, 11) is 0. The Kier molecular flexibility index (Phi) is 11.1. The molecule has 22 heavy (non-hydrogen) atoms. The van der Waals surface area contributed by atoms with Crippen molar-refractivity contribution >= 4 is 17.8 Å². The molecule has 0 saturated heterocycles. The van der Waals surface area contributed by atoms with Crippen molar-refractivity contribution < 1.29 is 19.5 Å². The predicted molar refractivity (Wildman–Crippen MR) is 84.2 cm³/mol. The fourth-order valence-corrected chi connectivity index (χ4v) is 1.94. The van der Waals surface area contributed by atoms with Crippen molar-refractivity contribution in [2.75, 3.05) is 6.54 Å². The van der Waals surface area contributed by atoms with Crippen LogP contribution in [0.25, 0.3) is 0 Å². The van der Waals surface area contributed by atoms with Crippen molar-refractivity contribution in [2.24, 2.45) is 5.73 Å². The summed E-state index contributed by atoms with van der Waals surface area (Å²) in [5.74, 6) is -1.75. The molecule has 0 heterocycles. The van der Waals surface area contributed by atoms with Crippen LogP contribution in [0.4, 0.5) is 0 Å². The lowest BCUT2D eigenvalue weighted by molar-refractivity contribution is -0.141. The molecule has 0 aromatic rings. The minimum absolute atomic E-state index is 0.177. The normalized spacial score (nSPS) is 13.2. The zero-order valence-electron chi connectivity index (χ0n) is 13.6. The lowest BCUT2D eigenvalue weighted by Gasteiger charge is -2.20. The van der Waals surface area contributed by atoms with E-state index in [-0.39, 0.29) is 5.91 Å². The van der Waals surface area contributed by atoms with Gasteiger partial charge in [0.15, 0.2) is 0 Å². The van der Waals surface area contributed by atoms with Crippen LogP contribution < -0.4 is 16.4 Å². The molecule has 0 radical (unpaired) electrons. The Morgan fingerprint density at radius 1 is 1.09 bits per heavy atom. The van der Waals surface area contributed by atoms with Crippen LogP contribution in [0, 0.1) is 0 Å². The number of carboxylic acids is 1. The molecule has 0 unspecified atom stereocenters. The van der Waals surface area contributed by atoms with Crippen molar-refractivity contribution in [1.29, 1.82) is 0 Å². The number of hydrogen-bond donors (Lipinski definition) is 4. The van der Waals surface area contributed by atoms with Gasteiger partial charge in [-0.2, -0.15) is 0 Å². The van der Waals surface area contributed by atoms with Crippen LogP contribution in [-0.4, -0.2) is 41.5 Å². The fourth-order valence-electron chi connectivity index (χ4n) is 1.94. The SMILES string of the molecule is CCCCCC(=O)N[C@@H](CCCCN)C(=O)N[C@@H](C)C(=O)O. The summed E-state index contributed by atoms with van der Waals surface area (Å²) in [4.78, 5) is 34.7. The van der Waals surface area contributed by atoms with Gasteiger partial charge in [-0.3, -0.25) is 14.4 Å². The highest BCUT2D eigenvalue weighted by molar-refractivity contribution is 5.90. The highest BCUT2D eigenvalue weighted by Crippen LogP contribution is 2.04. The van der Waals surface area contributed by atoms with Gasteiger partial charge in [-0.15, -0.1) is 0 Å². The number of unbranched alkanes of at least 4 members (excludes halogenated alkanes) is 3. The lowest BCUT2D eigenvalue weighted by Crippen LogP contribution is -2.50. The molecule has 0 aromatic carbocycles. The summed E-state index contributed by atoms with van der Waals surface area (Å²) in [5, 5.41) is 13.9. The van der Waals surface area contributed by atoms with Gasteiger partial charge in [0.25, 0.3) is 0 Å². The van der Waals surface area contributed by atoms with E-state index in [9.17, 15) is 14.4 Å². The van der Waals surface area contributed by atoms with Crippen LogP contribution in [0.15, 0.2) is 0 Å².